The quantitative estimate of drug-likeness (QED) is 0.321. The van der Waals surface area contributed by atoms with Gasteiger partial charge in [0.25, 0.3) is 0 Å². The fourth-order valence-electron chi connectivity index (χ4n) is 4.10. The van der Waals surface area contributed by atoms with E-state index >= 15 is 0 Å². The number of aryl methyl sites for hydroxylation is 2. The van der Waals surface area contributed by atoms with Crippen molar-refractivity contribution in [2.45, 2.75) is 40.0 Å². The minimum atomic E-state index is 0.140. The van der Waals surface area contributed by atoms with Crippen molar-refractivity contribution in [2.75, 3.05) is 0 Å². The lowest BCUT2D eigenvalue weighted by Gasteiger charge is -2.22. The van der Waals surface area contributed by atoms with Crippen LogP contribution in [0.3, 0.4) is 0 Å². The molecule has 0 heteroatoms. The van der Waals surface area contributed by atoms with Crippen LogP contribution in [-0.2, 0) is 6.42 Å². The molecule has 0 saturated heterocycles. The minimum absolute atomic E-state index is 0.140. The molecule has 0 saturated carbocycles. The van der Waals surface area contributed by atoms with Crippen LogP contribution in [0.4, 0.5) is 0 Å². The van der Waals surface area contributed by atoms with Crippen molar-refractivity contribution in [3.8, 4) is 0 Å². The molecule has 0 aromatic heterocycles. The Labute approximate surface area is 188 Å². The zero-order chi connectivity index (χ0) is 22.2. The maximum atomic E-state index is 4.10. The summed E-state index contributed by atoms with van der Waals surface area (Å²) in [6.07, 6.45) is 15.8. The molecule has 31 heavy (non-hydrogen) atoms. The molecule has 0 bridgehead atoms. The highest BCUT2D eigenvalue weighted by molar-refractivity contribution is 5.79. The van der Waals surface area contributed by atoms with Crippen LogP contribution in [0.2, 0.25) is 0 Å². The van der Waals surface area contributed by atoms with E-state index in [-0.39, 0.29) is 5.92 Å². The molecular weight excluding hydrogens is 372 g/mol. The molecule has 2 aromatic rings. The van der Waals surface area contributed by atoms with Crippen LogP contribution in [0.25, 0.3) is 5.57 Å². The second-order valence-electron chi connectivity index (χ2n) is 7.94. The van der Waals surface area contributed by atoms with Gasteiger partial charge in [-0.3, -0.25) is 0 Å². The third-order valence-corrected chi connectivity index (χ3v) is 5.86. The van der Waals surface area contributed by atoms with E-state index in [9.17, 15) is 0 Å². The summed E-state index contributed by atoms with van der Waals surface area (Å²) in [5, 5.41) is 0. The average molecular weight is 405 g/mol. The molecule has 0 N–H and O–H groups in total. The first kappa shape index (κ1) is 22.3. The Morgan fingerprint density at radius 2 is 1.87 bits per heavy atom. The number of hydrogen-bond acceptors (Lipinski definition) is 0. The molecule has 1 aliphatic carbocycles. The standard InChI is InChI=1S/C31H32/c1-6-9-14-24(5)31(27-15-11-10-12-16-27)30-22-28(18-13-17-25(30)7-2)29-20-19-23(4)26(8-3)21-29/h6-7,9-12,14-22,31H,2,8H2,1,3-5H3/b9-6-,24-14+. The molecule has 3 rings (SSSR count). The van der Waals surface area contributed by atoms with Gasteiger partial charge in [0, 0.05) is 5.92 Å². The van der Waals surface area contributed by atoms with E-state index in [1.165, 1.54) is 39.0 Å². The highest BCUT2D eigenvalue weighted by Crippen LogP contribution is 2.38. The summed E-state index contributed by atoms with van der Waals surface area (Å²) in [5.41, 5.74) is 13.4. The molecule has 0 radical (unpaired) electrons. The minimum Gasteiger partial charge on any atom is -0.120 e. The van der Waals surface area contributed by atoms with Crippen molar-refractivity contribution in [1.82, 2.24) is 0 Å². The van der Waals surface area contributed by atoms with E-state index in [0.717, 1.165) is 12.0 Å². The van der Waals surface area contributed by atoms with Gasteiger partial charge in [0.2, 0.25) is 0 Å². The van der Waals surface area contributed by atoms with E-state index in [1.54, 1.807) is 0 Å². The van der Waals surface area contributed by atoms with Crippen LogP contribution in [0.5, 0.6) is 0 Å². The van der Waals surface area contributed by atoms with Crippen LogP contribution < -0.4 is 0 Å². The number of allylic oxidation sites excluding steroid dienone is 10. The van der Waals surface area contributed by atoms with Crippen molar-refractivity contribution in [3.05, 3.63) is 142 Å². The van der Waals surface area contributed by atoms with E-state index in [0.29, 0.717) is 0 Å². The Morgan fingerprint density at radius 1 is 1.10 bits per heavy atom. The molecule has 1 atom stereocenters. The highest BCUT2D eigenvalue weighted by atomic mass is 14.2. The summed E-state index contributed by atoms with van der Waals surface area (Å²) in [4.78, 5) is 0. The van der Waals surface area contributed by atoms with Crippen molar-refractivity contribution in [1.29, 1.82) is 0 Å². The first-order valence-electron chi connectivity index (χ1n) is 11.0. The summed E-state index contributed by atoms with van der Waals surface area (Å²) in [7, 11) is 0. The molecule has 0 fully saturated rings. The van der Waals surface area contributed by atoms with Crippen molar-refractivity contribution >= 4 is 5.57 Å². The summed E-state index contributed by atoms with van der Waals surface area (Å²) >= 11 is 0. The van der Waals surface area contributed by atoms with Crippen molar-refractivity contribution in [2.24, 2.45) is 0 Å². The van der Waals surface area contributed by atoms with Crippen LogP contribution in [0.15, 0.2) is 120 Å². The van der Waals surface area contributed by atoms with Gasteiger partial charge in [-0.2, -0.15) is 0 Å². The molecule has 0 aliphatic heterocycles. The van der Waals surface area contributed by atoms with Crippen molar-refractivity contribution < 1.29 is 0 Å². The first-order chi connectivity index (χ1) is 15.1. The lowest BCUT2D eigenvalue weighted by Crippen LogP contribution is -2.06. The summed E-state index contributed by atoms with van der Waals surface area (Å²) in [5.74, 6) is 0.140. The fraction of sp³-hybridized carbons (Fsp3) is 0.194. The monoisotopic (exact) mass is 404 g/mol. The Kier molecular flexibility index (Phi) is 7.65. The summed E-state index contributed by atoms with van der Waals surface area (Å²) in [6.45, 7) is 12.8. The summed E-state index contributed by atoms with van der Waals surface area (Å²) < 4.78 is 0. The molecule has 0 heterocycles. The zero-order valence-electron chi connectivity index (χ0n) is 19.2. The highest BCUT2D eigenvalue weighted by Gasteiger charge is 2.20. The van der Waals surface area contributed by atoms with Gasteiger partial charge < -0.3 is 0 Å². The van der Waals surface area contributed by atoms with Crippen molar-refractivity contribution in [3.63, 3.8) is 0 Å². The van der Waals surface area contributed by atoms with Crippen LogP contribution in [-0.4, -0.2) is 0 Å². The van der Waals surface area contributed by atoms with Gasteiger partial charge in [-0.05, 0) is 84.4 Å². The van der Waals surface area contributed by atoms with Gasteiger partial charge in [-0.15, -0.1) is 5.73 Å². The first-order valence-corrected chi connectivity index (χ1v) is 11.0. The molecule has 2 aromatic carbocycles. The SMILES string of the molecule is C=CC1=C(C(/C(C)=C/C=C\C)c2ccccc2)C=C(c2ccc(C)c(CC)c2)C=C=C1. The average Bonchev–Trinajstić information content (AvgIpc) is 3.01. The third-order valence-electron chi connectivity index (χ3n) is 5.86. The van der Waals surface area contributed by atoms with Crippen LogP contribution in [0, 0.1) is 6.92 Å². The number of rotatable bonds is 7. The largest absolute Gasteiger partial charge is 0.120 e. The molecule has 0 amide bonds. The molecule has 0 spiro atoms. The van der Waals surface area contributed by atoms with Crippen LogP contribution >= 0.6 is 0 Å². The van der Waals surface area contributed by atoms with Gasteiger partial charge in [0.1, 0.15) is 0 Å². The van der Waals surface area contributed by atoms with Gasteiger partial charge >= 0.3 is 0 Å². The normalized spacial score (nSPS) is 15.2. The van der Waals surface area contributed by atoms with Gasteiger partial charge in [0.05, 0.1) is 0 Å². The number of benzene rings is 2. The second kappa shape index (κ2) is 10.6. The predicted octanol–water partition coefficient (Wildman–Crippen LogP) is 8.45. The number of hydrogen-bond donors (Lipinski definition) is 0. The van der Waals surface area contributed by atoms with E-state index in [4.69, 9.17) is 0 Å². The Balaban J connectivity index is 2.22. The molecule has 1 aliphatic rings. The maximum absolute atomic E-state index is 4.10. The zero-order valence-corrected chi connectivity index (χ0v) is 19.2. The molecule has 0 nitrogen and oxygen atoms in total. The van der Waals surface area contributed by atoms with E-state index in [1.807, 2.05) is 6.08 Å². The Morgan fingerprint density at radius 3 is 2.55 bits per heavy atom. The molecule has 1 unspecified atom stereocenters. The Hall–Kier alpha value is -3.34. The molecule has 156 valence electrons. The van der Waals surface area contributed by atoms with Gasteiger partial charge in [0.15, 0.2) is 0 Å². The summed E-state index contributed by atoms with van der Waals surface area (Å²) in [6, 6.07) is 17.5. The maximum Gasteiger partial charge on any atom is 0.0305 e. The fourth-order valence-corrected chi connectivity index (χ4v) is 4.10. The predicted molar refractivity (Wildman–Crippen MR) is 136 cm³/mol. The third kappa shape index (κ3) is 5.23. The second-order valence-corrected chi connectivity index (χ2v) is 7.94. The van der Waals surface area contributed by atoms with Gasteiger partial charge in [-0.25, -0.2) is 0 Å². The van der Waals surface area contributed by atoms with Crippen LogP contribution in [0.1, 0.15) is 48.9 Å². The topological polar surface area (TPSA) is 0 Å². The van der Waals surface area contributed by atoms with E-state index < -0.39 is 0 Å². The Bertz CT molecular complexity index is 1120. The lowest BCUT2D eigenvalue weighted by atomic mass is 9.81. The van der Waals surface area contributed by atoms with Gasteiger partial charge in [-0.1, -0.05) is 91.9 Å². The van der Waals surface area contributed by atoms with E-state index in [2.05, 4.69) is 125 Å². The lowest BCUT2D eigenvalue weighted by molar-refractivity contribution is 0.940. The molecular formula is C31H32. The smallest absolute Gasteiger partial charge is 0.0305 e.